The number of ether oxygens (including phenoxy) is 1. The Labute approximate surface area is 145 Å². The molecule has 2 unspecified atom stereocenters. The number of hydrogen-bond acceptors (Lipinski definition) is 6. The van der Waals surface area contributed by atoms with E-state index in [1.807, 2.05) is 0 Å². The Morgan fingerprint density at radius 2 is 2.08 bits per heavy atom. The maximum Gasteiger partial charge on any atom is 0.346 e. The van der Waals surface area contributed by atoms with E-state index in [-0.39, 0.29) is 28.3 Å². The molecule has 132 valence electrons. The van der Waals surface area contributed by atoms with E-state index in [0.29, 0.717) is 11.6 Å². The van der Waals surface area contributed by atoms with Crippen LogP contribution >= 0.6 is 11.8 Å². The number of aromatic nitrogens is 2. The molecule has 8 heteroatoms. The first-order valence-corrected chi connectivity index (χ1v) is 9.02. The highest BCUT2D eigenvalue weighted by atomic mass is 32.2. The van der Waals surface area contributed by atoms with Gasteiger partial charge >= 0.3 is 11.7 Å². The Morgan fingerprint density at radius 3 is 2.75 bits per heavy atom. The average Bonchev–Trinajstić information content (AvgIpc) is 2.54. The van der Waals surface area contributed by atoms with Gasteiger partial charge in [0.25, 0.3) is 0 Å². The number of H-pyrrole nitrogens is 1. The summed E-state index contributed by atoms with van der Waals surface area (Å²) in [6.45, 7) is 3.75. The van der Waals surface area contributed by atoms with Gasteiger partial charge in [-0.3, -0.25) is 4.79 Å². The molecule has 2 rings (SSSR count). The van der Waals surface area contributed by atoms with Crippen molar-refractivity contribution in [1.29, 1.82) is 0 Å². The molecular formula is C16H23N3O4S. The average molecular weight is 353 g/mol. The summed E-state index contributed by atoms with van der Waals surface area (Å²) in [5.41, 5.74) is 0.0237. The normalized spacial score (nSPS) is 20.5. The van der Waals surface area contributed by atoms with E-state index in [1.165, 1.54) is 13.5 Å². The van der Waals surface area contributed by atoms with Crippen molar-refractivity contribution < 1.29 is 14.3 Å². The first-order valence-electron chi connectivity index (χ1n) is 8.03. The molecule has 1 saturated carbocycles. The number of nitrogens with zero attached hydrogens (tertiary/aromatic N) is 1. The van der Waals surface area contributed by atoms with Crippen LogP contribution in [0.2, 0.25) is 0 Å². The summed E-state index contributed by atoms with van der Waals surface area (Å²) >= 11 is 1.07. The van der Waals surface area contributed by atoms with Gasteiger partial charge in [0.1, 0.15) is 10.6 Å². The van der Waals surface area contributed by atoms with Gasteiger partial charge in [-0.05, 0) is 25.7 Å². The predicted molar refractivity (Wildman–Crippen MR) is 91.2 cm³/mol. The highest BCUT2D eigenvalue weighted by molar-refractivity contribution is 8.00. The summed E-state index contributed by atoms with van der Waals surface area (Å²) in [5.74, 6) is -0.129. The molecule has 0 aliphatic heterocycles. The predicted octanol–water partition coefficient (Wildman–Crippen LogP) is 1.65. The fourth-order valence-electron chi connectivity index (χ4n) is 2.92. The zero-order valence-electron chi connectivity index (χ0n) is 14.2. The first kappa shape index (κ1) is 18.5. The van der Waals surface area contributed by atoms with Crippen molar-refractivity contribution in [2.24, 2.45) is 5.92 Å². The van der Waals surface area contributed by atoms with Gasteiger partial charge < -0.3 is 15.0 Å². The molecule has 1 fully saturated rings. The molecule has 24 heavy (non-hydrogen) atoms. The van der Waals surface area contributed by atoms with Gasteiger partial charge in [0.05, 0.1) is 12.9 Å². The largest absolute Gasteiger partial charge is 0.465 e. The van der Waals surface area contributed by atoms with Crippen molar-refractivity contribution in [2.45, 2.75) is 50.6 Å². The Morgan fingerprint density at radius 1 is 1.38 bits per heavy atom. The van der Waals surface area contributed by atoms with Gasteiger partial charge in [-0.15, -0.1) is 0 Å². The number of rotatable bonds is 5. The molecule has 2 atom stereocenters. The first-order chi connectivity index (χ1) is 11.4. The number of amides is 1. The van der Waals surface area contributed by atoms with E-state index < -0.39 is 11.7 Å². The van der Waals surface area contributed by atoms with Crippen molar-refractivity contribution in [3.05, 3.63) is 21.7 Å². The summed E-state index contributed by atoms with van der Waals surface area (Å²) in [6, 6.07) is 0.195. The van der Waals surface area contributed by atoms with Crippen molar-refractivity contribution in [3.63, 3.8) is 0 Å². The van der Waals surface area contributed by atoms with Crippen molar-refractivity contribution in [3.8, 4) is 0 Å². The molecule has 7 nitrogen and oxygen atoms in total. The minimum absolute atomic E-state index is 0.100. The molecule has 1 aliphatic rings. The van der Waals surface area contributed by atoms with Crippen molar-refractivity contribution in [2.75, 3.05) is 12.9 Å². The van der Waals surface area contributed by atoms with Crippen LogP contribution in [-0.4, -0.2) is 40.7 Å². The van der Waals surface area contributed by atoms with Crippen molar-refractivity contribution >= 4 is 23.6 Å². The van der Waals surface area contributed by atoms with Gasteiger partial charge in [0, 0.05) is 11.7 Å². The molecular weight excluding hydrogens is 330 g/mol. The third-order valence-electron chi connectivity index (χ3n) is 4.27. The topological polar surface area (TPSA) is 101 Å². The lowest BCUT2D eigenvalue weighted by atomic mass is 9.86. The number of aromatic amines is 1. The lowest BCUT2D eigenvalue weighted by Gasteiger charge is -2.29. The van der Waals surface area contributed by atoms with Crippen molar-refractivity contribution in [1.82, 2.24) is 15.3 Å². The van der Waals surface area contributed by atoms with Crippen LogP contribution in [0.3, 0.4) is 0 Å². The van der Waals surface area contributed by atoms with Crippen LogP contribution in [-0.2, 0) is 9.53 Å². The van der Waals surface area contributed by atoms with Crippen LogP contribution < -0.4 is 11.0 Å². The van der Waals surface area contributed by atoms with Crippen LogP contribution in [0.15, 0.2) is 9.82 Å². The van der Waals surface area contributed by atoms with Crippen LogP contribution in [0.1, 0.15) is 48.7 Å². The smallest absolute Gasteiger partial charge is 0.346 e. The third kappa shape index (κ3) is 4.59. The fourth-order valence-corrected chi connectivity index (χ4v) is 3.80. The molecule has 0 spiro atoms. The maximum atomic E-state index is 12.2. The highest BCUT2D eigenvalue weighted by Gasteiger charge is 2.24. The molecule has 0 aromatic carbocycles. The van der Waals surface area contributed by atoms with Crippen LogP contribution in [0.4, 0.5) is 0 Å². The second kappa shape index (κ2) is 8.32. The Kier molecular flexibility index (Phi) is 6.42. The van der Waals surface area contributed by atoms with E-state index >= 15 is 0 Å². The van der Waals surface area contributed by atoms with E-state index in [1.54, 1.807) is 6.92 Å². The second-order valence-electron chi connectivity index (χ2n) is 6.06. The quantitative estimate of drug-likeness (QED) is 0.474. The molecule has 0 bridgehead atoms. The van der Waals surface area contributed by atoms with Crippen LogP contribution in [0.5, 0.6) is 0 Å². The fraction of sp³-hybridized carbons (Fsp3) is 0.625. The van der Waals surface area contributed by atoms with E-state index in [9.17, 15) is 14.4 Å². The number of thioether (sulfide) groups is 1. The summed E-state index contributed by atoms with van der Waals surface area (Å²) in [4.78, 5) is 41.9. The van der Waals surface area contributed by atoms with E-state index in [2.05, 4.69) is 22.2 Å². The minimum Gasteiger partial charge on any atom is -0.465 e. The summed E-state index contributed by atoms with van der Waals surface area (Å²) in [6.07, 6.45) is 4.46. The van der Waals surface area contributed by atoms with Crippen LogP contribution in [0.25, 0.3) is 0 Å². The number of hydrogen-bond donors (Lipinski definition) is 2. The Bertz CT molecular complexity index is 674. The lowest BCUT2D eigenvalue weighted by molar-refractivity contribution is -0.119. The zero-order chi connectivity index (χ0) is 17.7. The molecule has 1 aliphatic carbocycles. The third-order valence-corrected chi connectivity index (χ3v) is 5.25. The Hall–Kier alpha value is -1.83. The zero-order valence-corrected chi connectivity index (χ0v) is 15.0. The summed E-state index contributed by atoms with van der Waals surface area (Å²) < 4.78 is 4.73. The number of carbonyl (C=O) groups is 2. The molecule has 0 radical (unpaired) electrons. The molecule has 1 aromatic heterocycles. The number of esters is 1. The standard InChI is InChI=1S/C16H23N3O4S/c1-9-6-4-5-7-11(9)18-12(20)8-24-14-13(15(21)23-3)10(2)17-16(22)19-14/h9,11H,4-8H2,1-3H3,(H,18,20)(H,17,19,22). The van der Waals surface area contributed by atoms with E-state index in [0.717, 1.165) is 31.0 Å². The summed E-state index contributed by atoms with van der Waals surface area (Å²) in [5, 5.41) is 3.26. The highest BCUT2D eigenvalue weighted by Crippen LogP contribution is 2.25. The molecule has 0 saturated heterocycles. The van der Waals surface area contributed by atoms with Crippen LogP contribution in [0, 0.1) is 12.8 Å². The number of carbonyl (C=O) groups excluding carboxylic acids is 2. The maximum absolute atomic E-state index is 12.2. The SMILES string of the molecule is COC(=O)c1c(SCC(=O)NC2CCCCC2C)nc(=O)[nH]c1C. The molecule has 1 aromatic rings. The van der Waals surface area contributed by atoms with E-state index in [4.69, 9.17) is 4.74 Å². The molecule has 1 heterocycles. The van der Waals surface area contributed by atoms with Gasteiger partial charge in [0.15, 0.2) is 0 Å². The lowest BCUT2D eigenvalue weighted by Crippen LogP contribution is -2.41. The minimum atomic E-state index is -0.583. The second-order valence-corrected chi connectivity index (χ2v) is 7.03. The number of methoxy groups -OCH3 is 1. The Balaban J connectivity index is 2.04. The van der Waals surface area contributed by atoms with Gasteiger partial charge in [-0.2, -0.15) is 4.98 Å². The monoisotopic (exact) mass is 353 g/mol. The summed E-state index contributed by atoms with van der Waals surface area (Å²) in [7, 11) is 1.26. The molecule has 2 N–H and O–H groups in total. The molecule has 1 amide bonds. The van der Waals surface area contributed by atoms with Gasteiger partial charge in [-0.1, -0.05) is 31.5 Å². The number of aryl methyl sites for hydroxylation is 1. The number of nitrogens with one attached hydrogen (secondary N) is 2. The van der Waals surface area contributed by atoms with Gasteiger partial charge in [-0.25, -0.2) is 9.59 Å². The van der Waals surface area contributed by atoms with Gasteiger partial charge in [0.2, 0.25) is 5.91 Å².